The van der Waals surface area contributed by atoms with E-state index in [0.717, 1.165) is 5.56 Å². The van der Waals surface area contributed by atoms with Gasteiger partial charge < -0.3 is 25.6 Å². The van der Waals surface area contributed by atoms with Gasteiger partial charge in [0.2, 0.25) is 5.91 Å². The number of hydrogen-bond acceptors (Lipinski definition) is 8. The van der Waals surface area contributed by atoms with E-state index in [1.54, 1.807) is 12.1 Å². The second-order valence-corrected chi connectivity index (χ2v) is 8.50. The number of halogens is 1. The monoisotopic (exact) mass is 507 g/mol. The summed E-state index contributed by atoms with van der Waals surface area (Å²) in [6.45, 7) is 0. The van der Waals surface area contributed by atoms with Gasteiger partial charge in [-0.3, -0.25) is 24.2 Å². The van der Waals surface area contributed by atoms with Crippen molar-refractivity contribution in [2.75, 3.05) is 18.2 Å². The lowest BCUT2D eigenvalue weighted by atomic mass is 10.1. The number of ether oxygens (including phenoxy) is 1. The second kappa shape index (κ2) is 14.0. The van der Waals surface area contributed by atoms with E-state index in [4.69, 9.17) is 0 Å². The fraction of sp³-hybridized carbons (Fsp3) is 0.348. The Hall–Kier alpha value is -3.51. The first kappa shape index (κ1) is 27.7. The zero-order chi connectivity index (χ0) is 25.8. The Bertz CT molecular complexity index is 1040. The van der Waals surface area contributed by atoms with Crippen molar-refractivity contribution in [2.24, 2.45) is 0 Å². The minimum absolute atomic E-state index is 0.0392. The number of aliphatic carboxylic acids is 1. The number of nitrogens with one attached hydrogen (secondary N) is 2. The number of aliphatic hydroxyl groups excluding tert-OH is 1. The van der Waals surface area contributed by atoms with Crippen LogP contribution in [0, 0.1) is 5.82 Å². The van der Waals surface area contributed by atoms with Gasteiger partial charge >= 0.3 is 11.9 Å². The van der Waals surface area contributed by atoms with Gasteiger partial charge in [0.1, 0.15) is 5.82 Å². The van der Waals surface area contributed by atoms with Crippen LogP contribution in [0.15, 0.2) is 42.7 Å². The van der Waals surface area contributed by atoms with Crippen molar-refractivity contribution in [3.05, 3.63) is 59.7 Å². The number of esters is 1. The predicted octanol–water partition coefficient (Wildman–Crippen LogP) is 1.98. The number of carbonyl (C=O) groups is 4. The van der Waals surface area contributed by atoms with E-state index in [9.17, 15) is 33.8 Å². The Kier molecular flexibility index (Phi) is 11.1. The number of aliphatic hydroxyl groups is 1. The van der Waals surface area contributed by atoms with Gasteiger partial charge in [-0.2, -0.15) is 11.8 Å². The molecule has 188 valence electrons. The molecule has 0 radical (unpaired) electrons. The molecule has 1 heterocycles. The molecule has 0 aliphatic rings. The van der Waals surface area contributed by atoms with Crippen molar-refractivity contribution < 1.29 is 38.5 Å². The van der Waals surface area contributed by atoms with E-state index in [0.29, 0.717) is 5.75 Å². The molecule has 4 N–H and O–H groups in total. The van der Waals surface area contributed by atoms with E-state index in [2.05, 4.69) is 20.4 Å². The molecule has 10 nitrogen and oxygen atoms in total. The number of carboxylic acids is 1. The summed E-state index contributed by atoms with van der Waals surface area (Å²) < 4.78 is 17.5. The zero-order valence-electron chi connectivity index (χ0n) is 18.9. The number of thioether (sulfide) groups is 1. The Labute approximate surface area is 205 Å². The zero-order valence-corrected chi connectivity index (χ0v) is 19.7. The van der Waals surface area contributed by atoms with Gasteiger partial charge in [-0.05, 0) is 23.8 Å². The highest BCUT2D eigenvalue weighted by Crippen LogP contribution is 2.17. The Morgan fingerprint density at radius 2 is 1.86 bits per heavy atom. The fourth-order valence-corrected chi connectivity index (χ4v) is 3.91. The number of pyridine rings is 1. The quantitative estimate of drug-likeness (QED) is 0.298. The normalized spacial score (nSPS) is 12.3. The summed E-state index contributed by atoms with van der Waals surface area (Å²) in [5.74, 6) is -2.67. The van der Waals surface area contributed by atoms with Crippen LogP contribution in [0.4, 0.5) is 10.1 Å². The maximum atomic E-state index is 13.0. The maximum Gasteiger partial charge on any atom is 0.306 e. The molecule has 0 aliphatic carbocycles. The molecule has 0 bridgehead atoms. The number of hydrogen-bond donors (Lipinski definition) is 4. The first-order valence-electron chi connectivity index (χ1n) is 10.5. The standard InChI is InChI=1S/C23H26FN3O7S/c1-34-22(32)7-6-20(29)26-17-8-15(10-25-11-17)23(33)27-18(9-21(30)31)19(28)13-35-12-14-2-4-16(24)5-3-14/h2-5,8,10-11,18-19,28H,6-7,9,12-13H2,1H3,(H,26,29)(H,27,33)(H,30,31)/t18-,19?/m0/s1. The first-order valence-corrected chi connectivity index (χ1v) is 11.7. The van der Waals surface area contributed by atoms with Crippen LogP contribution in [0.5, 0.6) is 0 Å². The summed E-state index contributed by atoms with van der Waals surface area (Å²) in [6.07, 6.45) is 0.626. The SMILES string of the molecule is COC(=O)CCC(=O)Nc1cncc(C(=O)N[C@@H](CC(=O)O)C(O)CSCc2ccc(F)cc2)c1. The van der Waals surface area contributed by atoms with Crippen LogP contribution in [0.1, 0.15) is 35.2 Å². The van der Waals surface area contributed by atoms with Gasteiger partial charge in [-0.25, -0.2) is 4.39 Å². The molecule has 1 aromatic heterocycles. The summed E-state index contributed by atoms with van der Waals surface area (Å²) in [6, 6.07) is 6.12. The third-order valence-electron chi connectivity index (χ3n) is 4.71. The number of benzene rings is 1. The first-order chi connectivity index (χ1) is 16.7. The van der Waals surface area contributed by atoms with Gasteiger partial charge in [0.25, 0.3) is 5.91 Å². The molecule has 12 heteroatoms. The minimum Gasteiger partial charge on any atom is -0.481 e. The van der Waals surface area contributed by atoms with E-state index >= 15 is 0 Å². The smallest absolute Gasteiger partial charge is 0.306 e. The third kappa shape index (κ3) is 10.1. The number of carbonyl (C=O) groups excluding carboxylic acids is 3. The van der Waals surface area contributed by atoms with Crippen molar-refractivity contribution in [3.8, 4) is 0 Å². The number of nitrogens with zero attached hydrogens (tertiary/aromatic N) is 1. The number of carboxylic acid groups (broad SMARTS) is 1. The van der Waals surface area contributed by atoms with Crippen molar-refractivity contribution in [1.29, 1.82) is 0 Å². The lowest BCUT2D eigenvalue weighted by Crippen LogP contribution is -2.45. The highest BCUT2D eigenvalue weighted by Gasteiger charge is 2.25. The summed E-state index contributed by atoms with van der Waals surface area (Å²) in [5, 5.41) is 24.7. The van der Waals surface area contributed by atoms with E-state index in [1.165, 1.54) is 49.5 Å². The summed E-state index contributed by atoms with van der Waals surface area (Å²) in [5.41, 5.74) is 1.08. The molecular formula is C23H26FN3O7S. The predicted molar refractivity (Wildman–Crippen MR) is 126 cm³/mol. The van der Waals surface area contributed by atoms with Gasteiger partial charge in [-0.1, -0.05) is 12.1 Å². The van der Waals surface area contributed by atoms with Crippen LogP contribution >= 0.6 is 11.8 Å². The largest absolute Gasteiger partial charge is 0.481 e. The minimum atomic E-state index is -1.21. The average Bonchev–Trinajstić information content (AvgIpc) is 2.83. The second-order valence-electron chi connectivity index (χ2n) is 7.47. The van der Waals surface area contributed by atoms with Crippen LogP contribution in [0.25, 0.3) is 0 Å². The molecular weight excluding hydrogens is 481 g/mol. The molecule has 0 saturated carbocycles. The Morgan fingerprint density at radius 3 is 2.51 bits per heavy atom. The molecule has 2 aromatic rings. The van der Waals surface area contributed by atoms with Crippen LogP contribution in [-0.2, 0) is 24.9 Å². The van der Waals surface area contributed by atoms with Gasteiger partial charge in [0.15, 0.2) is 0 Å². The molecule has 0 fully saturated rings. The molecule has 0 aliphatic heterocycles. The molecule has 1 aromatic carbocycles. The number of amides is 2. The molecule has 2 atom stereocenters. The topological polar surface area (TPSA) is 155 Å². The van der Waals surface area contributed by atoms with Crippen LogP contribution < -0.4 is 10.6 Å². The summed E-state index contributed by atoms with van der Waals surface area (Å²) in [4.78, 5) is 51.0. The lowest BCUT2D eigenvalue weighted by Gasteiger charge is -2.22. The number of methoxy groups -OCH3 is 1. The number of rotatable bonds is 13. The maximum absolute atomic E-state index is 13.0. The molecule has 35 heavy (non-hydrogen) atoms. The Balaban J connectivity index is 1.95. The van der Waals surface area contributed by atoms with Crippen LogP contribution in [0.2, 0.25) is 0 Å². The average molecular weight is 508 g/mol. The Morgan fingerprint density at radius 1 is 1.14 bits per heavy atom. The van der Waals surface area contributed by atoms with Gasteiger partial charge in [-0.15, -0.1) is 0 Å². The van der Waals surface area contributed by atoms with Gasteiger partial charge in [0.05, 0.1) is 49.5 Å². The molecule has 2 rings (SSSR count). The van der Waals surface area contributed by atoms with Crippen LogP contribution in [0.3, 0.4) is 0 Å². The van der Waals surface area contributed by atoms with Crippen molar-refractivity contribution in [2.45, 2.75) is 37.2 Å². The fourth-order valence-electron chi connectivity index (χ4n) is 2.89. The van der Waals surface area contributed by atoms with Crippen molar-refractivity contribution >= 4 is 41.2 Å². The van der Waals surface area contributed by atoms with Crippen LogP contribution in [-0.4, -0.2) is 64.0 Å². The molecule has 2 amide bonds. The van der Waals surface area contributed by atoms with Crippen molar-refractivity contribution in [3.63, 3.8) is 0 Å². The highest BCUT2D eigenvalue weighted by molar-refractivity contribution is 7.98. The number of anilines is 1. The number of aromatic nitrogens is 1. The summed E-state index contributed by atoms with van der Waals surface area (Å²) in [7, 11) is 1.21. The highest BCUT2D eigenvalue weighted by atomic mass is 32.2. The summed E-state index contributed by atoms with van der Waals surface area (Å²) >= 11 is 1.31. The lowest BCUT2D eigenvalue weighted by molar-refractivity contribution is -0.141. The van der Waals surface area contributed by atoms with E-state index in [1.807, 2.05) is 0 Å². The molecule has 0 saturated heterocycles. The molecule has 0 spiro atoms. The van der Waals surface area contributed by atoms with E-state index < -0.39 is 42.3 Å². The molecule has 1 unspecified atom stereocenters. The van der Waals surface area contributed by atoms with E-state index in [-0.39, 0.29) is 35.7 Å². The van der Waals surface area contributed by atoms with Gasteiger partial charge in [0, 0.05) is 24.1 Å². The third-order valence-corrected chi connectivity index (χ3v) is 5.83. The van der Waals surface area contributed by atoms with Crippen molar-refractivity contribution in [1.82, 2.24) is 10.3 Å².